The Kier molecular flexibility index (Phi) is 2.39. The maximum absolute atomic E-state index is 11.8. The number of Topliss-reactive ketones (excluding diaryl/α,β-unsaturated/α-hetero) is 1. The van der Waals surface area contributed by atoms with Crippen molar-refractivity contribution in [2.24, 2.45) is 5.41 Å². The van der Waals surface area contributed by atoms with Gasteiger partial charge >= 0.3 is 0 Å². The first-order valence-corrected chi connectivity index (χ1v) is 5.10. The Morgan fingerprint density at radius 1 is 1.27 bits per heavy atom. The minimum Gasteiger partial charge on any atom is -0.294 e. The number of ketones is 1. The first kappa shape index (κ1) is 10.0. The molecule has 0 radical (unpaired) electrons. The highest BCUT2D eigenvalue weighted by atomic mass is 16.1. The second-order valence-electron chi connectivity index (χ2n) is 4.60. The van der Waals surface area contributed by atoms with Gasteiger partial charge in [-0.2, -0.15) is 0 Å². The summed E-state index contributed by atoms with van der Waals surface area (Å²) in [6, 6.07) is 0. The van der Waals surface area contributed by atoms with Crippen molar-refractivity contribution in [1.29, 1.82) is 0 Å². The number of rotatable bonds is 1. The highest BCUT2D eigenvalue weighted by molar-refractivity contribution is 6.21. The number of carbonyl (C=O) groups is 1. The summed E-state index contributed by atoms with van der Waals surface area (Å²) in [7, 11) is 0. The van der Waals surface area contributed by atoms with Crippen molar-refractivity contribution in [3.8, 4) is 0 Å². The summed E-state index contributed by atoms with van der Waals surface area (Å²) in [5, 5.41) is 0. The van der Waals surface area contributed by atoms with E-state index in [4.69, 9.17) is 0 Å². The van der Waals surface area contributed by atoms with Crippen LogP contribution in [-0.4, -0.2) is 15.8 Å². The molecule has 0 fully saturated rings. The molecule has 3 nitrogen and oxygen atoms in total. The lowest BCUT2D eigenvalue weighted by molar-refractivity contribution is -0.114. The molecule has 0 aliphatic heterocycles. The summed E-state index contributed by atoms with van der Waals surface area (Å²) in [5.74, 6) is 0.198. The molecule has 0 spiro atoms. The molecule has 1 aromatic rings. The molecule has 0 saturated carbocycles. The molecule has 78 valence electrons. The zero-order chi connectivity index (χ0) is 10.9. The summed E-state index contributed by atoms with van der Waals surface area (Å²) in [6.07, 6.45) is 8.44. The van der Waals surface area contributed by atoms with Gasteiger partial charge in [0.05, 0.1) is 0 Å². The van der Waals surface area contributed by atoms with Crippen LogP contribution in [0.3, 0.4) is 0 Å². The van der Waals surface area contributed by atoms with Gasteiger partial charge in [-0.05, 0) is 11.8 Å². The first-order valence-electron chi connectivity index (χ1n) is 5.10. The van der Waals surface area contributed by atoms with Crippen molar-refractivity contribution in [2.75, 3.05) is 0 Å². The normalized spacial score (nSPS) is 19.9. The van der Waals surface area contributed by atoms with Crippen molar-refractivity contribution in [1.82, 2.24) is 9.97 Å². The largest absolute Gasteiger partial charge is 0.294 e. The highest BCUT2D eigenvalue weighted by Gasteiger charge is 2.26. The second-order valence-corrected chi connectivity index (χ2v) is 4.60. The predicted octanol–water partition coefficient (Wildman–Crippen LogP) is 2.25. The van der Waals surface area contributed by atoms with Gasteiger partial charge in [-0.15, -0.1) is 0 Å². The molecule has 1 heterocycles. The topological polar surface area (TPSA) is 42.9 Å². The molecule has 15 heavy (non-hydrogen) atoms. The van der Waals surface area contributed by atoms with E-state index in [0.29, 0.717) is 6.42 Å². The molecule has 0 aromatic carbocycles. The van der Waals surface area contributed by atoms with E-state index in [-0.39, 0.29) is 11.2 Å². The lowest BCUT2D eigenvalue weighted by atomic mass is 9.78. The van der Waals surface area contributed by atoms with E-state index < -0.39 is 0 Å². The molecule has 0 N–H and O–H groups in total. The summed E-state index contributed by atoms with van der Waals surface area (Å²) >= 11 is 0. The summed E-state index contributed by atoms with van der Waals surface area (Å²) in [6.45, 7) is 4.28. The molecule has 0 bridgehead atoms. The van der Waals surface area contributed by atoms with Crippen molar-refractivity contribution in [3.63, 3.8) is 0 Å². The average Bonchev–Trinajstić information content (AvgIpc) is 2.23. The van der Waals surface area contributed by atoms with Crippen LogP contribution >= 0.6 is 0 Å². The van der Waals surface area contributed by atoms with Crippen LogP contribution in [0, 0.1) is 5.41 Å². The van der Waals surface area contributed by atoms with Crippen LogP contribution in [0.4, 0.5) is 0 Å². The number of nitrogens with zero attached hydrogens (tertiary/aromatic N) is 2. The van der Waals surface area contributed by atoms with Gasteiger partial charge in [0, 0.05) is 30.0 Å². The number of hydrogen-bond acceptors (Lipinski definition) is 3. The van der Waals surface area contributed by atoms with Gasteiger partial charge in [0.2, 0.25) is 0 Å². The second kappa shape index (κ2) is 3.57. The Hall–Kier alpha value is -1.51. The Labute approximate surface area is 89.3 Å². The van der Waals surface area contributed by atoms with Crippen LogP contribution in [-0.2, 0) is 4.79 Å². The third-order valence-electron chi connectivity index (χ3n) is 2.70. The number of allylic oxidation sites excluding steroid dienone is 2. The van der Waals surface area contributed by atoms with E-state index in [1.807, 2.05) is 6.08 Å². The van der Waals surface area contributed by atoms with Gasteiger partial charge in [0.25, 0.3) is 0 Å². The minimum atomic E-state index is 0.0963. The zero-order valence-electron chi connectivity index (χ0n) is 9.03. The van der Waals surface area contributed by atoms with E-state index in [2.05, 4.69) is 23.8 Å². The van der Waals surface area contributed by atoms with E-state index >= 15 is 0 Å². The fourth-order valence-electron chi connectivity index (χ4n) is 1.80. The quantitative estimate of drug-likeness (QED) is 0.701. The maximum atomic E-state index is 11.8. The lowest BCUT2D eigenvalue weighted by Gasteiger charge is -2.26. The van der Waals surface area contributed by atoms with E-state index in [0.717, 1.165) is 17.6 Å². The monoisotopic (exact) mass is 202 g/mol. The molecule has 1 aliphatic carbocycles. The van der Waals surface area contributed by atoms with Crippen LogP contribution in [0.15, 0.2) is 24.8 Å². The van der Waals surface area contributed by atoms with Gasteiger partial charge in [-0.25, -0.2) is 9.97 Å². The van der Waals surface area contributed by atoms with E-state index in [1.54, 1.807) is 12.4 Å². The van der Waals surface area contributed by atoms with Crippen LogP contribution in [0.1, 0.15) is 32.3 Å². The Balaban J connectivity index is 2.43. The molecule has 0 unspecified atom stereocenters. The van der Waals surface area contributed by atoms with Crippen molar-refractivity contribution in [3.05, 3.63) is 30.4 Å². The number of hydrogen-bond donors (Lipinski definition) is 0. The third-order valence-corrected chi connectivity index (χ3v) is 2.70. The van der Waals surface area contributed by atoms with E-state index in [9.17, 15) is 4.79 Å². The Bertz CT molecular complexity index is 407. The number of aromatic nitrogens is 2. The molecule has 1 aromatic heterocycles. The van der Waals surface area contributed by atoms with Crippen LogP contribution < -0.4 is 0 Å². The highest BCUT2D eigenvalue weighted by Crippen LogP contribution is 2.34. The maximum Gasteiger partial charge on any atom is 0.163 e. The summed E-state index contributed by atoms with van der Waals surface area (Å²) in [5.41, 5.74) is 1.70. The molecule has 0 atom stereocenters. The third kappa shape index (κ3) is 2.12. The predicted molar refractivity (Wildman–Crippen MR) is 58.0 cm³/mol. The fraction of sp³-hybridized carbons (Fsp3) is 0.417. The van der Waals surface area contributed by atoms with Crippen molar-refractivity contribution in [2.45, 2.75) is 26.7 Å². The lowest BCUT2D eigenvalue weighted by Crippen LogP contribution is -2.19. The van der Waals surface area contributed by atoms with Gasteiger partial charge < -0.3 is 0 Å². The first-order chi connectivity index (χ1) is 7.08. The molecule has 2 rings (SSSR count). The molecule has 0 saturated heterocycles. The van der Waals surface area contributed by atoms with Crippen molar-refractivity contribution >= 4 is 11.4 Å². The van der Waals surface area contributed by atoms with Gasteiger partial charge in [-0.1, -0.05) is 19.9 Å². The molecule has 0 amide bonds. The number of carbonyl (C=O) groups excluding carboxylic acids is 1. The molecule has 1 aliphatic rings. The summed E-state index contributed by atoms with van der Waals surface area (Å²) < 4.78 is 0. The molecular weight excluding hydrogens is 188 g/mol. The molecular formula is C12H14N2O. The average molecular weight is 202 g/mol. The van der Waals surface area contributed by atoms with Crippen LogP contribution in [0.5, 0.6) is 0 Å². The fourth-order valence-corrected chi connectivity index (χ4v) is 1.80. The Morgan fingerprint density at radius 2 is 1.93 bits per heavy atom. The van der Waals surface area contributed by atoms with Gasteiger partial charge in [-0.3, -0.25) is 4.79 Å². The standard InChI is InChI=1S/C12H14N2O/c1-12(2)4-3-11(15)10(5-12)9-6-13-8-14-7-9/h5-8H,3-4H2,1-2H3. The van der Waals surface area contributed by atoms with Gasteiger partial charge in [0.1, 0.15) is 6.33 Å². The zero-order valence-corrected chi connectivity index (χ0v) is 9.03. The SMILES string of the molecule is CC1(C)C=C(c2cncnc2)C(=O)CC1. The van der Waals surface area contributed by atoms with Crippen molar-refractivity contribution < 1.29 is 4.79 Å². The Morgan fingerprint density at radius 3 is 2.60 bits per heavy atom. The van der Waals surface area contributed by atoms with Crippen LogP contribution in [0.2, 0.25) is 0 Å². The van der Waals surface area contributed by atoms with Gasteiger partial charge in [0.15, 0.2) is 5.78 Å². The molecule has 3 heteroatoms. The summed E-state index contributed by atoms with van der Waals surface area (Å²) in [4.78, 5) is 19.6. The van der Waals surface area contributed by atoms with E-state index in [1.165, 1.54) is 6.33 Å². The smallest absolute Gasteiger partial charge is 0.163 e. The minimum absolute atomic E-state index is 0.0963. The van der Waals surface area contributed by atoms with Crippen LogP contribution in [0.25, 0.3) is 5.57 Å².